The van der Waals surface area contributed by atoms with Crippen molar-refractivity contribution in [2.75, 3.05) is 7.11 Å². The summed E-state index contributed by atoms with van der Waals surface area (Å²) in [5, 5.41) is 0.996. The average molecular weight is 303 g/mol. The van der Waals surface area contributed by atoms with Gasteiger partial charge in [-0.15, -0.1) is 0 Å². The van der Waals surface area contributed by atoms with E-state index in [2.05, 4.69) is 20.9 Å². The van der Waals surface area contributed by atoms with Crippen molar-refractivity contribution >= 4 is 27.0 Å². The maximum atomic E-state index is 5.40. The van der Waals surface area contributed by atoms with E-state index < -0.39 is 0 Å². The lowest BCUT2D eigenvalue weighted by molar-refractivity contribution is 0.419. The van der Waals surface area contributed by atoms with Crippen LogP contribution in [-0.4, -0.2) is 16.7 Å². The topological polar surface area (TPSA) is 27.1 Å². The van der Waals surface area contributed by atoms with E-state index in [1.54, 1.807) is 13.3 Å². The SMILES string of the molecule is COc1cn(-c2ccccc2)c2ncc(Br)cc12. The van der Waals surface area contributed by atoms with Gasteiger partial charge in [0.25, 0.3) is 0 Å². The lowest BCUT2D eigenvalue weighted by Gasteiger charge is -2.03. The number of pyridine rings is 1. The van der Waals surface area contributed by atoms with Crippen LogP contribution >= 0.6 is 15.9 Å². The Bertz CT molecular complexity index is 692. The van der Waals surface area contributed by atoms with E-state index >= 15 is 0 Å². The predicted octanol–water partition coefficient (Wildman–Crippen LogP) is 3.80. The van der Waals surface area contributed by atoms with Crippen molar-refractivity contribution in [3.05, 3.63) is 53.3 Å². The minimum Gasteiger partial charge on any atom is -0.494 e. The number of rotatable bonds is 2. The number of halogens is 1. The average Bonchev–Trinajstić information content (AvgIpc) is 2.77. The van der Waals surface area contributed by atoms with E-state index in [0.717, 1.165) is 26.9 Å². The second kappa shape index (κ2) is 4.46. The molecule has 0 atom stereocenters. The molecule has 0 fully saturated rings. The molecule has 1 aromatic carbocycles. The van der Waals surface area contributed by atoms with Crippen LogP contribution in [0.2, 0.25) is 0 Å². The zero-order valence-electron chi connectivity index (χ0n) is 9.80. The van der Waals surface area contributed by atoms with Gasteiger partial charge in [-0.25, -0.2) is 4.98 Å². The Hall–Kier alpha value is -1.81. The molecule has 2 heterocycles. The standard InChI is InChI=1S/C14H11BrN2O/c1-18-13-9-17(11-5-3-2-4-6-11)14-12(13)7-10(15)8-16-14/h2-9H,1H3. The number of hydrogen-bond donors (Lipinski definition) is 0. The first-order chi connectivity index (χ1) is 8.79. The number of hydrogen-bond acceptors (Lipinski definition) is 2. The van der Waals surface area contributed by atoms with Gasteiger partial charge < -0.3 is 4.74 Å². The summed E-state index contributed by atoms with van der Waals surface area (Å²) in [6.45, 7) is 0. The lowest BCUT2D eigenvalue weighted by atomic mass is 10.3. The third-order valence-electron chi connectivity index (χ3n) is 2.83. The number of fused-ring (bicyclic) bond motifs is 1. The first-order valence-corrected chi connectivity index (χ1v) is 6.35. The van der Waals surface area contributed by atoms with Gasteiger partial charge in [-0.3, -0.25) is 4.57 Å². The van der Waals surface area contributed by atoms with E-state index in [4.69, 9.17) is 4.74 Å². The van der Waals surface area contributed by atoms with Crippen molar-refractivity contribution in [1.29, 1.82) is 0 Å². The van der Waals surface area contributed by atoms with Crippen LogP contribution in [0.15, 0.2) is 53.3 Å². The summed E-state index contributed by atoms with van der Waals surface area (Å²) in [5.41, 5.74) is 1.96. The predicted molar refractivity (Wildman–Crippen MR) is 75.3 cm³/mol. The maximum absolute atomic E-state index is 5.40. The van der Waals surface area contributed by atoms with Gasteiger partial charge in [0.15, 0.2) is 0 Å². The van der Waals surface area contributed by atoms with Gasteiger partial charge in [0.05, 0.1) is 18.7 Å². The number of ether oxygens (including phenoxy) is 1. The van der Waals surface area contributed by atoms with Gasteiger partial charge in [0, 0.05) is 16.4 Å². The Labute approximate surface area is 113 Å². The molecule has 0 saturated heterocycles. The molecular weight excluding hydrogens is 292 g/mol. The molecule has 0 aliphatic rings. The van der Waals surface area contributed by atoms with Gasteiger partial charge in [-0.2, -0.15) is 0 Å². The van der Waals surface area contributed by atoms with Crippen LogP contribution in [0.3, 0.4) is 0 Å². The van der Waals surface area contributed by atoms with E-state index in [9.17, 15) is 0 Å². The second-order valence-electron chi connectivity index (χ2n) is 3.93. The Morgan fingerprint density at radius 2 is 2.00 bits per heavy atom. The minimum atomic E-state index is 0.822. The van der Waals surface area contributed by atoms with Crippen LogP contribution in [0, 0.1) is 0 Å². The molecule has 0 unspecified atom stereocenters. The molecule has 0 aliphatic carbocycles. The van der Waals surface area contributed by atoms with Crippen molar-refractivity contribution in [3.8, 4) is 11.4 Å². The highest BCUT2D eigenvalue weighted by Gasteiger charge is 2.11. The van der Waals surface area contributed by atoms with Crippen molar-refractivity contribution in [1.82, 2.24) is 9.55 Å². The molecule has 0 amide bonds. The molecule has 0 bridgehead atoms. The molecule has 0 spiro atoms. The summed E-state index contributed by atoms with van der Waals surface area (Å²) in [6.07, 6.45) is 3.75. The van der Waals surface area contributed by atoms with E-state index in [0.29, 0.717) is 0 Å². The number of para-hydroxylation sites is 1. The van der Waals surface area contributed by atoms with E-state index in [1.165, 1.54) is 0 Å². The third-order valence-corrected chi connectivity index (χ3v) is 3.26. The van der Waals surface area contributed by atoms with Crippen molar-refractivity contribution in [2.24, 2.45) is 0 Å². The fraction of sp³-hybridized carbons (Fsp3) is 0.0714. The summed E-state index contributed by atoms with van der Waals surface area (Å²) in [5.74, 6) is 0.822. The Morgan fingerprint density at radius 1 is 1.22 bits per heavy atom. The van der Waals surface area contributed by atoms with Crippen molar-refractivity contribution in [3.63, 3.8) is 0 Å². The van der Waals surface area contributed by atoms with Gasteiger partial charge in [0.2, 0.25) is 0 Å². The zero-order chi connectivity index (χ0) is 12.5. The van der Waals surface area contributed by atoms with E-state index in [1.807, 2.05) is 47.2 Å². The van der Waals surface area contributed by atoms with Gasteiger partial charge in [0.1, 0.15) is 11.4 Å². The molecule has 0 N–H and O–H groups in total. The smallest absolute Gasteiger partial charge is 0.148 e. The molecule has 90 valence electrons. The molecular formula is C14H11BrN2O. The number of benzene rings is 1. The van der Waals surface area contributed by atoms with Gasteiger partial charge in [-0.05, 0) is 34.1 Å². The molecule has 4 heteroatoms. The van der Waals surface area contributed by atoms with Crippen LogP contribution in [0.25, 0.3) is 16.7 Å². The van der Waals surface area contributed by atoms with Crippen molar-refractivity contribution < 1.29 is 4.74 Å². The Balaban J connectivity index is 2.31. The first-order valence-electron chi connectivity index (χ1n) is 5.55. The van der Waals surface area contributed by atoms with Crippen LogP contribution in [0.5, 0.6) is 5.75 Å². The molecule has 3 aromatic rings. The second-order valence-corrected chi connectivity index (χ2v) is 4.84. The lowest BCUT2D eigenvalue weighted by Crippen LogP contribution is -1.92. The normalized spacial score (nSPS) is 10.8. The summed E-state index contributed by atoms with van der Waals surface area (Å²) in [4.78, 5) is 4.46. The summed E-state index contributed by atoms with van der Waals surface area (Å²) in [7, 11) is 1.67. The largest absolute Gasteiger partial charge is 0.494 e. The van der Waals surface area contributed by atoms with Crippen molar-refractivity contribution in [2.45, 2.75) is 0 Å². The Morgan fingerprint density at radius 3 is 2.72 bits per heavy atom. The zero-order valence-corrected chi connectivity index (χ0v) is 11.4. The van der Waals surface area contributed by atoms with Gasteiger partial charge >= 0.3 is 0 Å². The monoisotopic (exact) mass is 302 g/mol. The molecule has 2 aromatic heterocycles. The summed E-state index contributed by atoms with van der Waals surface area (Å²) in [6, 6.07) is 12.1. The van der Waals surface area contributed by atoms with Crippen LogP contribution < -0.4 is 4.74 Å². The third kappa shape index (κ3) is 1.78. The Kier molecular flexibility index (Phi) is 2.80. The van der Waals surface area contributed by atoms with Gasteiger partial charge in [-0.1, -0.05) is 18.2 Å². The van der Waals surface area contributed by atoms with Crippen LogP contribution in [-0.2, 0) is 0 Å². The van der Waals surface area contributed by atoms with E-state index in [-0.39, 0.29) is 0 Å². The van der Waals surface area contributed by atoms with Crippen LogP contribution in [0.1, 0.15) is 0 Å². The quantitative estimate of drug-likeness (QED) is 0.720. The summed E-state index contributed by atoms with van der Waals surface area (Å²) >= 11 is 3.43. The molecule has 3 rings (SSSR count). The molecule has 0 aliphatic heterocycles. The highest BCUT2D eigenvalue weighted by atomic mass is 79.9. The number of methoxy groups -OCH3 is 1. The highest BCUT2D eigenvalue weighted by Crippen LogP contribution is 2.30. The fourth-order valence-corrected chi connectivity index (χ4v) is 2.33. The number of nitrogens with zero attached hydrogens (tertiary/aromatic N) is 2. The minimum absolute atomic E-state index is 0.822. The number of aromatic nitrogens is 2. The molecule has 0 radical (unpaired) electrons. The summed E-state index contributed by atoms with van der Waals surface area (Å²) < 4.78 is 8.37. The fourth-order valence-electron chi connectivity index (χ4n) is 2.00. The van der Waals surface area contributed by atoms with Crippen LogP contribution in [0.4, 0.5) is 0 Å². The maximum Gasteiger partial charge on any atom is 0.148 e. The molecule has 18 heavy (non-hydrogen) atoms. The highest BCUT2D eigenvalue weighted by molar-refractivity contribution is 9.10. The molecule has 3 nitrogen and oxygen atoms in total. The molecule has 0 saturated carbocycles. The first kappa shape index (κ1) is 11.3.